The van der Waals surface area contributed by atoms with Gasteiger partial charge in [0.25, 0.3) is 0 Å². The number of rotatable bonds is 0. The van der Waals surface area contributed by atoms with Gasteiger partial charge >= 0.3 is 0 Å². The van der Waals surface area contributed by atoms with Crippen molar-refractivity contribution in [3.8, 4) is 0 Å². The van der Waals surface area contributed by atoms with Crippen LogP contribution in [0.15, 0.2) is 30.3 Å². The van der Waals surface area contributed by atoms with Gasteiger partial charge in [0.2, 0.25) is 0 Å². The summed E-state index contributed by atoms with van der Waals surface area (Å²) in [6, 6.07) is 8.77. The molecule has 0 spiro atoms. The fourth-order valence-electron chi connectivity index (χ4n) is 3.01. The summed E-state index contributed by atoms with van der Waals surface area (Å²) < 4.78 is 2.33. The number of hydrogen-bond acceptors (Lipinski definition) is 0. The van der Waals surface area contributed by atoms with E-state index in [0.29, 0.717) is 0 Å². The molecule has 0 amide bonds. The highest BCUT2D eigenvalue weighted by Gasteiger charge is 2.41. The molecule has 2 unspecified atom stereocenters. The quantitative estimate of drug-likeness (QED) is 0.607. The third kappa shape index (κ3) is 0.840. The number of para-hydroxylation sites is 1. The van der Waals surface area contributed by atoms with Gasteiger partial charge in [0.1, 0.15) is 0 Å². The molecule has 1 aromatic carbocycles. The van der Waals surface area contributed by atoms with E-state index in [2.05, 4.69) is 48.0 Å². The van der Waals surface area contributed by atoms with Crippen LogP contribution in [0.5, 0.6) is 0 Å². The molecular formula is C14H13N. The van der Waals surface area contributed by atoms with Crippen LogP contribution in [-0.4, -0.2) is 4.57 Å². The lowest BCUT2D eigenvalue weighted by Crippen LogP contribution is -1.95. The molecule has 1 heterocycles. The van der Waals surface area contributed by atoms with E-state index in [-0.39, 0.29) is 0 Å². The van der Waals surface area contributed by atoms with Gasteiger partial charge in [0, 0.05) is 23.6 Å². The molecule has 1 nitrogen and oxygen atoms in total. The Labute approximate surface area is 89.0 Å². The monoisotopic (exact) mass is 195 g/mol. The van der Waals surface area contributed by atoms with Crippen LogP contribution in [0.2, 0.25) is 0 Å². The van der Waals surface area contributed by atoms with Gasteiger partial charge in [-0.25, -0.2) is 0 Å². The maximum absolute atomic E-state index is 2.38. The van der Waals surface area contributed by atoms with Crippen LogP contribution < -0.4 is 0 Å². The van der Waals surface area contributed by atoms with Crippen LogP contribution in [-0.2, 0) is 7.05 Å². The maximum Gasteiger partial charge on any atom is 0.0485 e. The summed E-state index contributed by atoms with van der Waals surface area (Å²) in [5.74, 6) is 1.65. The molecule has 2 aliphatic carbocycles. The molecule has 0 N–H and O–H groups in total. The van der Waals surface area contributed by atoms with E-state index in [4.69, 9.17) is 0 Å². The molecule has 1 saturated carbocycles. The van der Waals surface area contributed by atoms with Crippen molar-refractivity contribution in [3.63, 3.8) is 0 Å². The largest absolute Gasteiger partial charge is 0.344 e. The van der Waals surface area contributed by atoms with Gasteiger partial charge in [0.15, 0.2) is 0 Å². The zero-order chi connectivity index (χ0) is 9.99. The highest BCUT2D eigenvalue weighted by atomic mass is 15.0. The maximum atomic E-state index is 2.38. The van der Waals surface area contributed by atoms with E-state index in [1.807, 2.05) is 0 Å². The molecule has 74 valence electrons. The fourth-order valence-corrected chi connectivity index (χ4v) is 3.01. The van der Waals surface area contributed by atoms with Crippen LogP contribution >= 0.6 is 0 Å². The van der Waals surface area contributed by atoms with Crippen molar-refractivity contribution in [3.05, 3.63) is 41.6 Å². The van der Waals surface area contributed by atoms with E-state index < -0.39 is 0 Å². The van der Waals surface area contributed by atoms with Crippen molar-refractivity contribution in [2.24, 2.45) is 13.0 Å². The standard InChI is InChI=1S/C14H13N/c1-15-12-5-3-2-4-10(12)14-11-8-9(11)6-7-13(14)15/h2-7,9,11H,8H2,1H3. The Bertz CT molecular complexity index is 589. The van der Waals surface area contributed by atoms with Crippen molar-refractivity contribution < 1.29 is 0 Å². The highest BCUT2D eigenvalue weighted by molar-refractivity contribution is 5.90. The summed E-state index contributed by atoms with van der Waals surface area (Å²) >= 11 is 0. The number of aryl methyl sites for hydroxylation is 1. The van der Waals surface area contributed by atoms with Crippen molar-refractivity contribution in [2.45, 2.75) is 12.3 Å². The number of aromatic nitrogens is 1. The van der Waals surface area contributed by atoms with E-state index in [0.717, 1.165) is 11.8 Å². The summed E-state index contributed by atoms with van der Waals surface area (Å²) in [7, 11) is 2.17. The molecular weight excluding hydrogens is 182 g/mol. The molecule has 2 aliphatic rings. The van der Waals surface area contributed by atoms with Gasteiger partial charge in [-0.15, -0.1) is 0 Å². The van der Waals surface area contributed by atoms with Gasteiger partial charge in [-0.1, -0.05) is 24.3 Å². The third-order valence-electron chi connectivity index (χ3n) is 3.90. The van der Waals surface area contributed by atoms with Crippen molar-refractivity contribution >= 4 is 17.0 Å². The predicted octanol–water partition coefficient (Wildman–Crippen LogP) is 3.31. The minimum absolute atomic E-state index is 0.816. The molecule has 4 rings (SSSR count). The average Bonchev–Trinajstić information content (AvgIpc) is 3.01. The second kappa shape index (κ2) is 2.35. The Hall–Kier alpha value is -1.50. The second-order valence-electron chi connectivity index (χ2n) is 4.74. The van der Waals surface area contributed by atoms with Crippen molar-refractivity contribution in [1.29, 1.82) is 0 Å². The molecule has 0 bridgehead atoms. The highest BCUT2D eigenvalue weighted by Crippen LogP contribution is 2.55. The predicted molar refractivity (Wildman–Crippen MR) is 62.8 cm³/mol. The zero-order valence-electron chi connectivity index (χ0n) is 8.77. The first kappa shape index (κ1) is 7.75. The number of benzene rings is 1. The number of fused-ring (bicyclic) bond motifs is 5. The van der Waals surface area contributed by atoms with Gasteiger partial charge in [-0.3, -0.25) is 0 Å². The van der Waals surface area contributed by atoms with Gasteiger partial charge in [-0.2, -0.15) is 0 Å². The first-order valence-electron chi connectivity index (χ1n) is 5.62. The van der Waals surface area contributed by atoms with Crippen LogP contribution in [0.1, 0.15) is 23.6 Å². The summed E-state index contributed by atoms with van der Waals surface area (Å²) in [6.07, 6.45) is 6.05. The minimum Gasteiger partial charge on any atom is -0.344 e. The fraction of sp³-hybridized carbons (Fsp3) is 0.286. The van der Waals surface area contributed by atoms with Crippen LogP contribution in [0.25, 0.3) is 17.0 Å². The Kier molecular flexibility index (Phi) is 1.22. The average molecular weight is 195 g/mol. The first-order chi connectivity index (χ1) is 7.36. The zero-order valence-corrected chi connectivity index (χ0v) is 8.77. The number of allylic oxidation sites excluding steroid dienone is 1. The number of hydrogen-bond donors (Lipinski definition) is 0. The molecule has 1 fully saturated rings. The SMILES string of the molecule is Cn1c2c(c3ccccc31)C1CC1C=C2. The Morgan fingerprint density at radius 2 is 2.13 bits per heavy atom. The lowest BCUT2D eigenvalue weighted by Gasteiger charge is -2.06. The van der Waals surface area contributed by atoms with Crippen LogP contribution in [0.3, 0.4) is 0 Å². The topological polar surface area (TPSA) is 4.93 Å². The molecule has 1 heteroatoms. The smallest absolute Gasteiger partial charge is 0.0485 e. The Morgan fingerprint density at radius 1 is 1.27 bits per heavy atom. The van der Waals surface area contributed by atoms with E-state index in [1.165, 1.54) is 23.0 Å². The van der Waals surface area contributed by atoms with E-state index in [9.17, 15) is 0 Å². The van der Waals surface area contributed by atoms with Crippen LogP contribution in [0, 0.1) is 5.92 Å². The molecule has 1 aromatic heterocycles. The van der Waals surface area contributed by atoms with Crippen molar-refractivity contribution in [1.82, 2.24) is 4.57 Å². The summed E-state index contributed by atoms with van der Waals surface area (Å²) in [4.78, 5) is 0. The van der Waals surface area contributed by atoms with Crippen molar-refractivity contribution in [2.75, 3.05) is 0 Å². The molecule has 15 heavy (non-hydrogen) atoms. The molecule has 0 saturated heterocycles. The molecule has 2 aromatic rings. The minimum atomic E-state index is 0.816. The first-order valence-corrected chi connectivity index (χ1v) is 5.62. The summed E-state index contributed by atoms with van der Waals surface area (Å²) in [5.41, 5.74) is 4.40. The normalized spacial score (nSPS) is 26.5. The summed E-state index contributed by atoms with van der Waals surface area (Å²) in [5, 5.41) is 1.46. The Balaban J connectivity index is 2.20. The van der Waals surface area contributed by atoms with Gasteiger partial charge < -0.3 is 4.57 Å². The number of nitrogens with zero attached hydrogens (tertiary/aromatic N) is 1. The third-order valence-corrected chi connectivity index (χ3v) is 3.90. The van der Waals surface area contributed by atoms with E-state index in [1.54, 1.807) is 5.56 Å². The van der Waals surface area contributed by atoms with E-state index >= 15 is 0 Å². The Morgan fingerprint density at radius 3 is 3.07 bits per heavy atom. The molecule has 0 aliphatic heterocycles. The molecule has 2 atom stereocenters. The lowest BCUT2D eigenvalue weighted by molar-refractivity contribution is 0.912. The van der Waals surface area contributed by atoms with Gasteiger partial charge in [0.05, 0.1) is 0 Å². The molecule has 0 radical (unpaired) electrons. The summed E-state index contributed by atoms with van der Waals surface area (Å²) in [6.45, 7) is 0. The second-order valence-corrected chi connectivity index (χ2v) is 4.74. The lowest BCUT2D eigenvalue weighted by atomic mass is 10.0. The van der Waals surface area contributed by atoms with Gasteiger partial charge in [-0.05, 0) is 36.0 Å². The van der Waals surface area contributed by atoms with Crippen LogP contribution in [0.4, 0.5) is 0 Å².